The first-order valence-electron chi connectivity index (χ1n) is 6.03. The van der Waals surface area contributed by atoms with Gasteiger partial charge in [0, 0.05) is 5.56 Å². The van der Waals surface area contributed by atoms with E-state index >= 15 is 0 Å². The Balaban J connectivity index is 2.21. The second-order valence-electron chi connectivity index (χ2n) is 4.22. The zero-order valence-electron chi connectivity index (χ0n) is 11.2. The van der Waals surface area contributed by atoms with Crippen LogP contribution in [0, 0.1) is 0 Å². The molecule has 0 radical (unpaired) electrons. The van der Waals surface area contributed by atoms with E-state index in [0.717, 1.165) is 6.07 Å². The molecule has 0 unspecified atom stereocenters. The monoisotopic (exact) mass is 287 g/mol. The number of hydrogen-bond donors (Lipinski definition) is 3. The number of carboxylic acid groups (broad SMARTS) is 1. The van der Waals surface area contributed by atoms with Gasteiger partial charge in [0.15, 0.2) is 0 Å². The number of nitrogens with one attached hydrogen (secondary N) is 1. The highest BCUT2D eigenvalue weighted by Gasteiger charge is 2.12. The third-order valence-electron chi connectivity index (χ3n) is 2.82. The van der Waals surface area contributed by atoms with Gasteiger partial charge in [0.1, 0.15) is 11.5 Å². The fourth-order valence-electron chi connectivity index (χ4n) is 1.73. The first-order valence-corrected chi connectivity index (χ1v) is 6.03. The third kappa shape index (κ3) is 3.30. The van der Waals surface area contributed by atoms with Crippen LogP contribution in [-0.4, -0.2) is 29.2 Å². The summed E-state index contributed by atoms with van der Waals surface area (Å²) in [6.07, 6.45) is 0. The van der Waals surface area contributed by atoms with E-state index in [1.807, 2.05) is 0 Å². The molecule has 0 aromatic heterocycles. The number of carbonyl (C=O) groups excluding carboxylic acids is 1. The highest BCUT2D eigenvalue weighted by molar-refractivity contribution is 6.05. The number of methoxy groups -OCH3 is 1. The van der Waals surface area contributed by atoms with E-state index in [0.29, 0.717) is 11.3 Å². The number of phenolic OH excluding ortho intramolecular Hbond substituents is 1. The van der Waals surface area contributed by atoms with Crippen LogP contribution in [0.2, 0.25) is 0 Å². The average Bonchev–Trinajstić information content (AvgIpc) is 2.49. The molecule has 108 valence electrons. The number of aromatic carboxylic acids is 1. The molecule has 0 spiro atoms. The van der Waals surface area contributed by atoms with Crippen molar-refractivity contribution < 1.29 is 24.5 Å². The normalized spacial score (nSPS) is 9.95. The van der Waals surface area contributed by atoms with Gasteiger partial charge in [-0.25, -0.2) is 4.79 Å². The number of benzene rings is 2. The lowest BCUT2D eigenvalue weighted by molar-refractivity contribution is 0.0696. The molecule has 1 amide bonds. The van der Waals surface area contributed by atoms with Crippen molar-refractivity contribution in [3.63, 3.8) is 0 Å². The molecule has 0 aliphatic rings. The molecule has 2 aromatic carbocycles. The van der Waals surface area contributed by atoms with E-state index in [4.69, 9.17) is 9.84 Å². The summed E-state index contributed by atoms with van der Waals surface area (Å²) in [4.78, 5) is 22.8. The highest BCUT2D eigenvalue weighted by Crippen LogP contribution is 2.25. The molecule has 0 atom stereocenters. The van der Waals surface area contributed by atoms with Gasteiger partial charge in [-0.15, -0.1) is 0 Å². The minimum Gasteiger partial charge on any atom is -0.506 e. The number of rotatable bonds is 4. The summed E-state index contributed by atoms with van der Waals surface area (Å²) >= 11 is 0. The van der Waals surface area contributed by atoms with Gasteiger partial charge in [-0.2, -0.15) is 0 Å². The van der Waals surface area contributed by atoms with E-state index < -0.39 is 11.9 Å². The van der Waals surface area contributed by atoms with Crippen molar-refractivity contribution in [1.82, 2.24) is 0 Å². The average molecular weight is 287 g/mol. The fraction of sp³-hybridized carbons (Fsp3) is 0.0667. The molecule has 0 heterocycles. The molecule has 6 heteroatoms. The maximum absolute atomic E-state index is 12.1. The van der Waals surface area contributed by atoms with Gasteiger partial charge in [-0.05, 0) is 36.4 Å². The fourth-order valence-corrected chi connectivity index (χ4v) is 1.73. The van der Waals surface area contributed by atoms with Crippen LogP contribution in [0.15, 0.2) is 42.5 Å². The summed E-state index contributed by atoms with van der Waals surface area (Å²) in [7, 11) is 1.49. The Morgan fingerprint density at radius 1 is 1.10 bits per heavy atom. The Bertz CT molecular complexity index is 696. The molecule has 6 nitrogen and oxygen atoms in total. The standard InChI is InChI=1S/C15H13NO5/c1-21-11-4-2-3-9(7-11)14(18)16-12-6-5-10(15(19)20)8-13(12)17/h2-8,17H,1H3,(H,16,18)(H,19,20). The lowest BCUT2D eigenvalue weighted by atomic mass is 10.1. The van der Waals surface area contributed by atoms with Crippen LogP contribution in [0.3, 0.4) is 0 Å². The number of ether oxygens (including phenoxy) is 1. The minimum atomic E-state index is -1.16. The van der Waals surface area contributed by atoms with Gasteiger partial charge in [-0.3, -0.25) is 4.79 Å². The van der Waals surface area contributed by atoms with Crippen molar-refractivity contribution in [3.05, 3.63) is 53.6 Å². The summed E-state index contributed by atoms with van der Waals surface area (Å²) in [5, 5.41) is 21.0. The van der Waals surface area contributed by atoms with Crippen LogP contribution in [0.1, 0.15) is 20.7 Å². The zero-order valence-corrected chi connectivity index (χ0v) is 11.2. The van der Waals surface area contributed by atoms with Crippen LogP contribution >= 0.6 is 0 Å². The number of hydrogen-bond acceptors (Lipinski definition) is 4. The van der Waals surface area contributed by atoms with E-state index in [9.17, 15) is 14.7 Å². The summed E-state index contributed by atoms with van der Waals surface area (Å²) in [5.74, 6) is -1.37. The third-order valence-corrected chi connectivity index (χ3v) is 2.82. The van der Waals surface area contributed by atoms with Crippen LogP contribution in [0.4, 0.5) is 5.69 Å². The van der Waals surface area contributed by atoms with E-state index in [2.05, 4.69) is 5.32 Å². The van der Waals surface area contributed by atoms with Gasteiger partial charge in [0.25, 0.3) is 5.91 Å². The maximum Gasteiger partial charge on any atom is 0.335 e. The van der Waals surface area contributed by atoms with Crippen LogP contribution in [0.5, 0.6) is 11.5 Å². The van der Waals surface area contributed by atoms with Crippen molar-refractivity contribution in [2.75, 3.05) is 12.4 Å². The molecular weight excluding hydrogens is 274 g/mol. The second-order valence-corrected chi connectivity index (χ2v) is 4.22. The summed E-state index contributed by atoms with van der Waals surface area (Å²) in [6.45, 7) is 0. The van der Waals surface area contributed by atoms with Crippen molar-refractivity contribution in [3.8, 4) is 11.5 Å². The lowest BCUT2D eigenvalue weighted by Crippen LogP contribution is -2.12. The number of aromatic hydroxyl groups is 1. The molecule has 0 saturated heterocycles. The van der Waals surface area contributed by atoms with Crippen molar-refractivity contribution >= 4 is 17.6 Å². The minimum absolute atomic E-state index is 0.0631. The highest BCUT2D eigenvalue weighted by atomic mass is 16.5. The number of anilines is 1. The Kier molecular flexibility index (Phi) is 4.08. The van der Waals surface area contributed by atoms with Gasteiger partial charge < -0.3 is 20.3 Å². The smallest absolute Gasteiger partial charge is 0.335 e. The van der Waals surface area contributed by atoms with Gasteiger partial charge >= 0.3 is 5.97 Å². The summed E-state index contributed by atoms with van der Waals surface area (Å²) in [5.41, 5.74) is 0.427. The molecule has 3 N–H and O–H groups in total. The number of carbonyl (C=O) groups is 2. The molecule has 21 heavy (non-hydrogen) atoms. The van der Waals surface area contributed by atoms with Gasteiger partial charge in [-0.1, -0.05) is 6.07 Å². The molecule has 0 fully saturated rings. The first kappa shape index (κ1) is 14.4. The van der Waals surface area contributed by atoms with Crippen molar-refractivity contribution in [2.24, 2.45) is 0 Å². The van der Waals surface area contributed by atoms with Crippen LogP contribution in [-0.2, 0) is 0 Å². The Labute approximate surface area is 120 Å². The Morgan fingerprint density at radius 3 is 2.48 bits per heavy atom. The maximum atomic E-state index is 12.1. The number of carboxylic acids is 1. The zero-order chi connectivity index (χ0) is 15.4. The van der Waals surface area contributed by atoms with E-state index in [-0.39, 0.29) is 17.0 Å². The predicted octanol–water partition coefficient (Wildman–Crippen LogP) is 2.35. The molecule has 2 aromatic rings. The SMILES string of the molecule is COc1cccc(C(=O)Nc2ccc(C(=O)O)cc2O)c1. The van der Waals surface area contributed by atoms with Crippen LogP contribution in [0.25, 0.3) is 0 Å². The molecule has 0 saturated carbocycles. The number of phenols is 1. The quantitative estimate of drug-likeness (QED) is 0.750. The van der Waals surface area contributed by atoms with Crippen LogP contribution < -0.4 is 10.1 Å². The summed E-state index contributed by atoms with van der Waals surface area (Å²) < 4.78 is 5.03. The molecule has 2 rings (SSSR count). The number of amides is 1. The van der Waals surface area contributed by atoms with Crippen molar-refractivity contribution in [2.45, 2.75) is 0 Å². The Hall–Kier alpha value is -3.02. The van der Waals surface area contributed by atoms with E-state index in [1.54, 1.807) is 24.3 Å². The molecule has 0 aliphatic heterocycles. The molecule has 0 bridgehead atoms. The summed E-state index contributed by atoms with van der Waals surface area (Å²) in [6, 6.07) is 10.2. The predicted molar refractivity (Wildman–Crippen MR) is 76.0 cm³/mol. The Morgan fingerprint density at radius 2 is 1.86 bits per heavy atom. The van der Waals surface area contributed by atoms with Gasteiger partial charge in [0.2, 0.25) is 0 Å². The first-order chi connectivity index (χ1) is 10.0. The van der Waals surface area contributed by atoms with Crippen molar-refractivity contribution in [1.29, 1.82) is 0 Å². The molecular formula is C15H13NO5. The lowest BCUT2D eigenvalue weighted by Gasteiger charge is -2.09. The van der Waals surface area contributed by atoms with E-state index in [1.165, 1.54) is 19.2 Å². The van der Waals surface area contributed by atoms with Gasteiger partial charge in [0.05, 0.1) is 18.4 Å². The topological polar surface area (TPSA) is 95.9 Å². The largest absolute Gasteiger partial charge is 0.506 e. The molecule has 0 aliphatic carbocycles. The second kappa shape index (κ2) is 5.96.